The number of carbonyl (C=O) groups is 1. The number of hydrogen-bond donors (Lipinski definition) is 1. The highest BCUT2D eigenvalue weighted by atomic mass is 16.3. The Balaban J connectivity index is 2.53. The Labute approximate surface area is 95.5 Å². The van der Waals surface area contributed by atoms with Gasteiger partial charge in [-0.15, -0.1) is 0 Å². The number of nitrogens with zero attached hydrogens (tertiary/aromatic N) is 1. The molecule has 0 aromatic carbocycles. The van der Waals surface area contributed by atoms with Crippen LogP contribution in [0.2, 0.25) is 0 Å². The van der Waals surface area contributed by atoms with Crippen LogP contribution in [0.4, 0.5) is 0 Å². The molecule has 0 aliphatic heterocycles. The van der Waals surface area contributed by atoms with Gasteiger partial charge < -0.3 is 9.40 Å². The minimum absolute atomic E-state index is 0.00227. The SMILES string of the molecule is CC(=O)c1c[nH]c(=O)n(Cc2ccco2)c1=O. The summed E-state index contributed by atoms with van der Waals surface area (Å²) in [5.74, 6) is 0.0812. The lowest BCUT2D eigenvalue weighted by molar-refractivity contribution is 0.101. The molecule has 2 heterocycles. The van der Waals surface area contributed by atoms with Crippen LogP contribution in [0.25, 0.3) is 0 Å². The van der Waals surface area contributed by atoms with E-state index in [2.05, 4.69) is 4.98 Å². The minimum atomic E-state index is -0.613. The van der Waals surface area contributed by atoms with Crippen LogP contribution in [-0.2, 0) is 6.54 Å². The zero-order valence-corrected chi connectivity index (χ0v) is 9.10. The molecule has 88 valence electrons. The molecule has 2 aromatic heterocycles. The van der Waals surface area contributed by atoms with Crippen molar-refractivity contribution in [2.24, 2.45) is 0 Å². The van der Waals surface area contributed by atoms with Crippen molar-refractivity contribution >= 4 is 5.78 Å². The maximum Gasteiger partial charge on any atom is 0.328 e. The zero-order chi connectivity index (χ0) is 12.4. The van der Waals surface area contributed by atoms with E-state index >= 15 is 0 Å². The normalized spacial score (nSPS) is 10.4. The van der Waals surface area contributed by atoms with Crippen molar-refractivity contribution in [1.82, 2.24) is 9.55 Å². The number of furan rings is 1. The van der Waals surface area contributed by atoms with E-state index in [4.69, 9.17) is 4.42 Å². The molecule has 0 bridgehead atoms. The van der Waals surface area contributed by atoms with E-state index in [-0.39, 0.29) is 17.9 Å². The highest BCUT2D eigenvalue weighted by molar-refractivity contribution is 5.93. The molecule has 0 fully saturated rings. The largest absolute Gasteiger partial charge is 0.467 e. The van der Waals surface area contributed by atoms with Crippen molar-refractivity contribution in [3.05, 3.63) is 56.8 Å². The molecule has 0 saturated heterocycles. The quantitative estimate of drug-likeness (QED) is 0.778. The van der Waals surface area contributed by atoms with E-state index in [0.717, 1.165) is 10.8 Å². The van der Waals surface area contributed by atoms with E-state index in [9.17, 15) is 14.4 Å². The van der Waals surface area contributed by atoms with Gasteiger partial charge in [-0.3, -0.25) is 14.2 Å². The third-order valence-corrected chi connectivity index (χ3v) is 2.33. The van der Waals surface area contributed by atoms with E-state index in [0.29, 0.717) is 5.76 Å². The molecule has 1 N–H and O–H groups in total. The number of Topliss-reactive ketones (excluding diaryl/α,β-unsaturated/α-hetero) is 1. The third-order valence-electron chi connectivity index (χ3n) is 2.33. The van der Waals surface area contributed by atoms with Gasteiger partial charge in [0.15, 0.2) is 5.78 Å². The van der Waals surface area contributed by atoms with Crippen molar-refractivity contribution in [3.63, 3.8) is 0 Å². The fourth-order valence-electron chi connectivity index (χ4n) is 1.47. The molecular formula is C11H10N2O4. The van der Waals surface area contributed by atoms with Crippen LogP contribution < -0.4 is 11.2 Å². The number of aromatic amines is 1. The molecule has 0 amide bonds. The van der Waals surface area contributed by atoms with Gasteiger partial charge in [0.25, 0.3) is 5.56 Å². The molecule has 2 aromatic rings. The van der Waals surface area contributed by atoms with Crippen LogP contribution >= 0.6 is 0 Å². The summed E-state index contributed by atoms with van der Waals surface area (Å²) < 4.78 is 5.98. The van der Waals surface area contributed by atoms with Gasteiger partial charge in [-0.2, -0.15) is 0 Å². The third kappa shape index (κ3) is 2.10. The summed E-state index contributed by atoms with van der Waals surface area (Å²) in [6, 6.07) is 3.30. The predicted octanol–water partition coefficient (Wildman–Crippen LogP) is 0.381. The monoisotopic (exact) mass is 234 g/mol. The van der Waals surface area contributed by atoms with Crippen LogP contribution in [0.15, 0.2) is 38.6 Å². The standard InChI is InChI=1S/C11H10N2O4/c1-7(14)9-5-12-11(16)13(10(9)15)6-8-3-2-4-17-8/h2-5H,6H2,1H3,(H,12,16). The predicted molar refractivity (Wildman–Crippen MR) is 59.1 cm³/mol. The van der Waals surface area contributed by atoms with Gasteiger partial charge in [0.05, 0.1) is 18.4 Å². The molecule has 17 heavy (non-hydrogen) atoms. The minimum Gasteiger partial charge on any atom is -0.467 e. The highest BCUT2D eigenvalue weighted by Crippen LogP contribution is 2.00. The van der Waals surface area contributed by atoms with Crippen molar-refractivity contribution in [1.29, 1.82) is 0 Å². The lowest BCUT2D eigenvalue weighted by atomic mass is 10.2. The Morgan fingerprint density at radius 1 is 1.47 bits per heavy atom. The van der Waals surface area contributed by atoms with Gasteiger partial charge >= 0.3 is 5.69 Å². The van der Waals surface area contributed by atoms with Crippen molar-refractivity contribution < 1.29 is 9.21 Å². The van der Waals surface area contributed by atoms with Gasteiger partial charge in [-0.05, 0) is 19.1 Å². The lowest BCUT2D eigenvalue weighted by Gasteiger charge is -2.03. The number of carbonyl (C=O) groups excluding carboxylic acids is 1. The van der Waals surface area contributed by atoms with Crippen LogP contribution in [0, 0.1) is 0 Å². The topological polar surface area (TPSA) is 85.1 Å². The van der Waals surface area contributed by atoms with E-state index in [1.165, 1.54) is 13.2 Å². The van der Waals surface area contributed by atoms with E-state index < -0.39 is 11.2 Å². The van der Waals surface area contributed by atoms with Crippen LogP contribution in [0.3, 0.4) is 0 Å². The number of aromatic nitrogens is 2. The van der Waals surface area contributed by atoms with Gasteiger partial charge in [0, 0.05) is 6.20 Å². The Bertz CT molecular complexity index is 649. The van der Waals surface area contributed by atoms with E-state index in [1.54, 1.807) is 12.1 Å². The molecule has 2 rings (SSSR count). The fraction of sp³-hybridized carbons (Fsp3) is 0.182. The lowest BCUT2D eigenvalue weighted by Crippen LogP contribution is -2.37. The number of hydrogen-bond acceptors (Lipinski definition) is 4. The fourth-order valence-corrected chi connectivity index (χ4v) is 1.47. The molecular weight excluding hydrogens is 224 g/mol. The summed E-state index contributed by atoms with van der Waals surface area (Å²) in [6.07, 6.45) is 2.58. The molecule has 0 spiro atoms. The highest BCUT2D eigenvalue weighted by Gasteiger charge is 2.11. The zero-order valence-electron chi connectivity index (χ0n) is 9.10. The van der Waals surface area contributed by atoms with Gasteiger partial charge in [-0.25, -0.2) is 4.79 Å². The van der Waals surface area contributed by atoms with Gasteiger partial charge in [0.2, 0.25) is 0 Å². The maximum absolute atomic E-state index is 11.8. The molecule has 6 nitrogen and oxygen atoms in total. The van der Waals surface area contributed by atoms with E-state index in [1.807, 2.05) is 0 Å². The molecule has 6 heteroatoms. The summed E-state index contributed by atoms with van der Waals surface area (Å²) in [4.78, 5) is 36.9. The average molecular weight is 234 g/mol. The van der Waals surface area contributed by atoms with Crippen molar-refractivity contribution in [3.8, 4) is 0 Å². The molecule has 0 radical (unpaired) electrons. The summed E-state index contributed by atoms with van der Waals surface area (Å²) in [6.45, 7) is 1.27. The number of ketones is 1. The second kappa shape index (κ2) is 4.25. The first kappa shape index (κ1) is 11.1. The summed E-state index contributed by atoms with van der Waals surface area (Å²) in [5, 5.41) is 0. The number of H-pyrrole nitrogens is 1. The summed E-state index contributed by atoms with van der Waals surface area (Å²) >= 11 is 0. The van der Waals surface area contributed by atoms with Gasteiger partial charge in [0.1, 0.15) is 5.76 Å². The average Bonchev–Trinajstić information content (AvgIpc) is 2.76. The summed E-state index contributed by atoms with van der Waals surface area (Å²) in [5.41, 5.74) is -1.23. The van der Waals surface area contributed by atoms with Crippen LogP contribution in [-0.4, -0.2) is 15.3 Å². The molecule has 0 aliphatic carbocycles. The molecule has 0 atom stereocenters. The van der Waals surface area contributed by atoms with Crippen LogP contribution in [0.5, 0.6) is 0 Å². The van der Waals surface area contributed by atoms with Crippen LogP contribution in [0.1, 0.15) is 23.0 Å². The Morgan fingerprint density at radius 2 is 2.24 bits per heavy atom. The Morgan fingerprint density at radius 3 is 2.82 bits per heavy atom. The first-order valence-corrected chi connectivity index (χ1v) is 4.95. The second-order valence-electron chi connectivity index (χ2n) is 3.53. The molecule has 0 aliphatic rings. The Kier molecular flexibility index (Phi) is 2.78. The van der Waals surface area contributed by atoms with Gasteiger partial charge in [-0.1, -0.05) is 0 Å². The first-order valence-electron chi connectivity index (χ1n) is 4.95. The smallest absolute Gasteiger partial charge is 0.328 e. The van der Waals surface area contributed by atoms with Crippen molar-refractivity contribution in [2.75, 3.05) is 0 Å². The summed E-state index contributed by atoms with van der Waals surface area (Å²) in [7, 11) is 0. The Hall–Kier alpha value is -2.37. The van der Waals surface area contributed by atoms with Crippen molar-refractivity contribution in [2.45, 2.75) is 13.5 Å². The molecule has 0 saturated carbocycles. The first-order chi connectivity index (χ1) is 8.09. The number of nitrogens with one attached hydrogen (secondary N) is 1. The number of rotatable bonds is 3. The second-order valence-corrected chi connectivity index (χ2v) is 3.53. The maximum atomic E-state index is 11.8. The molecule has 0 unspecified atom stereocenters.